The molecule has 2 aliphatic carbocycles. The zero-order valence-electron chi connectivity index (χ0n) is 18.5. The molecule has 0 unspecified atom stereocenters. The third-order valence-electron chi connectivity index (χ3n) is 6.94. The molecule has 0 aromatic heterocycles. The molecule has 2 aromatic carbocycles. The summed E-state index contributed by atoms with van der Waals surface area (Å²) in [6.07, 6.45) is 5.77. The monoisotopic (exact) mass is 488 g/mol. The number of amides is 4. The van der Waals surface area contributed by atoms with Crippen LogP contribution >= 0.6 is 23.2 Å². The van der Waals surface area contributed by atoms with Crippen molar-refractivity contribution in [3.63, 3.8) is 0 Å². The zero-order chi connectivity index (χ0) is 23.2. The number of hydrogen-bond acceptors (Lipinski definition) is 2. The van der Waals surface area contributed by atoms with E-state index in [0.717, 1.165) is 18.8 Å². The molecule has 0 saturated heterocycles. The number of rotatable bonds is 8. The molecular weight excluding hydrogens is 459 g/mol. The maximum Gasteiger partial charge on any atom is 0.319 e. The predicted molar refractivity (Wildman–Crippen MR) is 134 cm³/mol. The SMILES string of the molecule is O=C(NCCC[C@@H]1[C@@H]2CC[C@@H](C2)[C@@H]1CNC(=O)Nc1cccc(Cl)c1)Nc1cccc(Cl)c1. The van der Waals surface area contributed by atoms with Crippen LogP contribution in [0.3, 0.4) is 0 Å². The summed E-state index contributed by atoms with van der Waals surface area (Å²) in [4.78, 5) is 24.5. The summed E-state index contributed by atoms with van der Waals surface area (Å²) in [7, 11) is 0. The second kappa shape index (κ2) is 11.1. The van der Waals surface area contributed by atoms with Gasteiger partial charge in [0.2, 0.25) is 0 Å². The van der Waals surface area contributed by atoms with Gasteiger partial charge in [-0.05, 0) is 92.2 Å². The van der Waals surface area contributed by atoms with Crippen molar-refractivity contribution in [3.05, 3.63) is 58.6 Å². The number of benzene rings is 2. The molecule has 4 rings (SSSR count). The van der Waals surface area contributed by atoms with Crippen molar-refractivity contribution in [1.82, 2.24) is 10.6 Å². The molecule has 2 saturated carbocycles. The molecule has 2 aromatic rings. The molecule has 4 atom stereocenters. The highest BCUT2D eigenvalue weighted by atomic mass is 35.5. The molecule has 0 radical (unpaired) electrons. The molecule has 0 spiro atoms. The van der Waals surface area contributed by atoms with Gasteiger partial charge in [-0.15, -0.1) is 0 Å². The predicted octanol–water partition coefficient (Wildman–Crippen LogP) is 6.38. The number of carbonyl (C=O) groups excluding carboxylic acids is 2. The Balaban J connectivity index is 1.20. The lowest BCUT2D eigenvalue weighted by atomic mass is 9.77. The summed E-state index contributed by atoms with van der Waals surface area (Å²) < 4.78 is 0. The van der Waals surface area contributed by atoms with E-state index in [2.05, 4.69) is 21.3 Å². The molecule has 33 heavy (non-hydrogen) atoms. The molecule has 4 N–H and O–H groups in total. The molecule has 6 nitrogen and oxygen atoms in total. The smallest absolute Gasteiger partial charge is 0.319 e. The van der Waals surface area contributed by atoms with Gasteiger partial charge in [-0.2, -0.15) is 0 Å². The van der Waals surface area contributed by atoms with Gasteiger partial charge in [0.05, 0.1) is 0 Å². The van der Waals surface area contributed by atoms with Crippen LogP contribution in [0.4, 0.5) is 21.0 Å². The minimum atomic E-state index is -0.221. The Morgan fingerprint density at radius 2 is 1.39 bits per heavy atom. The average Bonchev–Trinajstić information content (AvgIpc) is 3.37. The largest absolute Gasteiger partial charge is 0.338 e. The zero-order valence-corrected chi connectivity index (χ0v) is 20.0. The van der Waals surface area contributed by atoms with Crippen LogP contribution in [0, 0.1) is 23.7 Å². The maximum atomic E-state index is 12.4. The fourth-order valence-electron chi connectivity index (χ4n) is 5.53. The minimum Gasteiger partial charge on any atom is -0.338 e. The Hall–Kier alpha value is -2.44. The van der Waals surface area contributed by atoms with Crippen LogP contribution < -0.4 is 21.3 Å². The van der Waals surface area contributed by atoms with E-state index < -0.39 is 0 Å². The summed E-state index contributed by atoms with van der Waals surface area (Å²) in [5.41, 5.74) is 1.36. The van der Waals surface area contributed by atoms with Crippen molar-refractivity contribution < 1.29 is 9.59 Å². The van der Waals surface area contributed by atoms with Crippen LogP contribution in [0.15, 0.2) is 48.5 Å². The van der Waals surface area contributed by atoms with E-state index in [0.29, 0.717) is 52.3 Å². The lowest BCUT2D eigenvalue weighted by Crippen LogP contribution is -2.38. The van der Waals surface area contributed by atoms with Crippen molar-refractivity contribution >= 4 is 46.6 Å². The number of halogens is 2. The second-order valence-electron chi connectivity index (χ2n) is 9.04. The molecular formula is C25H30Cl2N4O2. The van der Waals surface area contributed by atoms with Gasteiger partial charge in [0.1, 0.15) is 0 Å². The normalized spacial score (nSPS) is 23.2. The third-order valence-corrected chi connectivity index (χ3v) is 7.41. The van der Waals surface area contributed by atoms with Crippen LogP contribution in [0.25, 0.3) is 0 Å². The number of nitrogens with one attached hydrogen (secondary N) is 4. The highest BCUT2D eigenvalue weighted by molar-refractivity contribution is 6.31. The fourth-order valence-corrected chi connectivity index (χ4v) is 5.91. The van der Waals surface area contributed by atoms with E-state index in [1.54, 1.807) is 36.4 Å². The Labute approximate surface area is 204 Å². The van der Waals surface area contributed by atoms with E-state index >= 15 is 0 Å². The third kappa shape index (κ3) is 6.55. The van der Waals surface area contributed by atoms with Crippen molar-refractivity contribution in [2.45, 2.75) is 32.1 Å². The molecule has 0 aliphatic heterocycles. The Morgan fingerprint density at radius 1 is 0.818 bits per heavy atom. The summed E-state index contributed by atoms with van der Waals surface area (Å²) >= 11 is 11.9. The van der Waals surface area contributed by atoms with Crippen LogP contribution in [-0.2, 0) is 0 Å². The quantitative estimate of drug-likeness (QED) is 0.325. The van der Waals surface area contributed by atoms with Crippen LogP contribution in [0.2, 0.25) is 10.0 Å². The van der Waals surface area contributed by atoms with Crippen LogP contribution in [-0.4, -0.2) is 25.2 Å². The van der Waals surface area contributed by atoms with Crippen LogP contribution in [0.1, 0.15) is 32.1 Å². The minimum absolute atomic E-state index is 0.196. The molecule has 2 bridgehead atoms. The molecule has 0 heterocycles. The Bertz CT molecular complexity index is 986. The van der Waals surface area contributed by atoms with Crippen LogP contribution in [0.5, 0.6) is 0 Å². The highest BCUT2D eigenvalue weighted by Gasteiger charge is 2.46. The summed E-state index contributed by atoms with van der Waals surface area (Å²) in [6, 6.07) is 13.8. The Kier molecular flexibility index (Phi) is 7.99. The molecule has 4 amide bonds. The first-order chi connectivity index (χ1) is 16.0. The first kappa shape index (κ1) is 23.7. The van der Waals surface area contributed by atoms with Crippen molar-refractivity contribution in [2.75, 3.05) is 23.7 Å². The van der Waals surface area contributed by atoms with Gasteiger partial charge in [0.25, 0.3) is 0 Å². The summed E-state index contributed by atoms with van der Waals surface area (Å²) in [5, 5.41) is 12.8. The topological polar surface area (TPSA) is 82.3 Å². The van der Waals surface area contributed by atoms with Crippen molar-refractivity contribution in [3.8, 4) is 0 Å². The second-order valence-corrected chi connectivity index (χ2v) is 9.91. The first-order valence-corrected chi connectivity index (χ1v) is 12.3. The Morgan fingerprint density at radius 3 is 2.00 bits per heavy atom. The van der Waals surface area contributed by atoms with Gasteiger partial charge in [0.15, 0.2) is 0 Å². The molecule has 2 aliphatic rings. The van der Waals surface area contributed by atoms with Crippen molar-refractivity contribution in [2.24, 2.45) is 23.7 Å². The molecule has 8 heteroatoms. The average molecular weight is 489 g/mol. The lowest BCUT2D eigenvalue weighted by Gasteiger charge is -2.31. The number of fused-ring (bicyclic) bond motifs is 2. The van der Waals surface area contributed by atoms with Gasteiger partial charge in [0, 0.05) is 34.5 Å². The van der Waals surface area contributed by atoms with E-state index in [4.69, 9.17) is 23.2 Å². The van der Waals surface area contributed by atoms with Crippen molar-refractivity contribution in [1.29, 1.82) is 0 Å². The fraction of sp³-hybridized carbons (Fsp3) is 0.440. The van der Waals surface area contributed by atoms with E-state index in [1.165, 1.54) is 19.3 Å². The van der Waals surface area contributed by atoms with E-state index in [1.807, 2.05) is 12.1 Å². The standard InChI is InChI=1S/C25H30Cl2N4O2/c26-18-4-1-6-20(13-18)30-24(32)28-11-3-8-22-16-9-10-17(12-16)23(22)15-29-25(33)31-21-7-2-5-19(27)14-21/h1-2,4-7,13-14,16-17,22-23H,3,8-12,15H2,(H2,28,30,32)(H2,29,31,33)/t16-,17+,22-,23+/m1/s1. The van der Waals surface area contributed by atoms with Gasteiger partial charge in [-0.3, -0.25) is 0 Å². The number of hydrogen-bond donors (Lipinski definition) is 4. The number of carbonyl (C=O) groups is 2. The summed E-state index contributed by atoms with van der Waals surface area (Å²) in [6.45, 7) is 1.30. The molecule has 2 fully saturated rings. The van der Waals surface area contributed by atoms with E-state index in [9.17, 15) is 9.59 Å². The highest BCUT2D eigenvalue weighted by Crippen LogP contribution is 2.53. The van der Waals surface area contributed by atoms with Gasteiger partial charge in [-0.25, -0.2) is 9.59 Å². The maximum absolute atomic E-state index is 12.4. The number of urea groups is 2. The summed E-state index contributed by atoms with van der Waals surface area (Å²) in [5.74, 6) is 2.51. The lowest BCUT2D eigenvalue weighted by molar-refractivity contribution is 0.198. The molecule has 176 valence electrons. The van der Waals surface area contributed by atoms with Gasteiger partial charge in [-0.1, -0.05) is 35.3 Å². The van der Waals surface area contributed by atoms with Gasteiger partial charge >= 0.3 is 12.1 Å². The first-order valence-electron chi connectivity index (χ1n) is 11.6. The van der Waals surface area contributed by atoms with Gasteiger partial charge < -0.3 is 21.3 Å². The van der Waals surface area contributed by atoms with E-state index in [-0.39, 0.29) is 12.1 Å². The number of anilines is 2.